The van der Waals surface area contributed by atoms with Gasteiger partial charge in [-0.15, -0.1) is 0 Å². The van der Waals surface area contributed by atoms with Crippen molar-refractivity contribution >= 4 is 34.9 Å². The first-order valence-corrected chi connectivity index (χ1v) is 8.83. The Morgan fingerprint density at radius 2 is 1.59 bits per heavy atom. The fraction of sp³-hybridized carbons (Fsp3) is 0.250. The molecule has 0 unspecified atom stereocenters. The molecule has 0 aliphatic heterocycles. The van der Waals surface area contributed by atoms with Gasteiger partial charge in [0.1, 0.15) is 5.75 Å². The van der Waals surface area contributed by atoms with E-state index < -0.39 is 5.97 Å². The largest absolute Gasteiger partial charge is 0.493 e. The van der Waals surface area contributed by atoms with Crippen molar-refractivity contribution < 1.29 is 19.1 Å². The molecule has 0 heterocycles. The fourth-order valence-electron chi connectivity index (χ4n) is 2.11. The number of carbonyl (C=O) groups excluding carboxylic acids is 2. The Kier molecular flexibility index (Phi) is 7.31. The summed E-state index contributed by atoms with van der Waals surface area (Å²) in [6.45, 7) is 4.76. The first-order chi connectivity index (χ1) is 12.9. The minimum Gasteiger partial charge on any atom is -0.493 e. The third kappa shape index (κ3) is 6.38. The van der Waals surface area contributed by atoms with E-state index in [9.17, 15) is 9.59 Å². The summed E-state index contributed by atoms with van der Waals surface area (Å²) in [6, 6.07) is 13.4. The van der Waals surface area contributed by atoms with E-state index in [4.69, 9.17) is 17.0 Å². The zero-order valence-corrected chi connectivity index (χ0v) is 16.3. The Bertz CT molecular complexity index is 802. The van der Waals surface area contributed by atoms with E-state index in [-0.39, 0.29) is 11.0 Å². The zero-order chi connectivity index (χ0) is 19.8. The SMILES string of the molecule is COC(=O)c1ccc(NC(=S)NC(=O)c2ccc(OCC(C)C)cc2)cc1. The number of rotatable bonds is 6. The number of carbonyl (C=O) groups is 2. The first kappa shape index (κ1) is 20.4. The molecule has 0 aromatic heterocycles. The summed E-state index contributed by atoms with van der Waals surface area (Å²) in [5.41, 5.74) is 1.54. The van der Waals surface area contributed by atoms with Gasteiger partial charge >= 0.3 is 5.97 Å². The van der Waals surface area contributed by atoms with Crippen molar-refractivity contribution in [1.82, 2.24) is 5.32 Å². The van der Waals surface area contributed by atoms with E-state index >= 15 is 0 Å². The maximum atomic E-state index is 12.3. The smallest absolute Gasteiger partial charge is 0.337 e. The first-order valence-electron chi connectivity index (χ1n) is 8.42. The van der Waals surface area contributed by atoms with Gasteiger partial charge in [0.25, 0.3) is 5.91 Å². The molecule has 0 saturated heterocycles. The van der Waals surface area contributed by atoms with Crippen LogP contribution in [0.15, 0.2) is 48.5 Å². The highest BCUT2D eigenvalue weighted by molar-refractivity contribution is 7.80. The summed E-state index contributed by atoms with van der Waals surface area (Å²) < 4.78 is 10.2. The quantitative estimate of drug-likeness (QED) is 0.583. The van der Waals surface area contributed by atoms with Gasteiger partial charge in [0.2, 0.25) is 0 Å². The second kappa shape index (κ2) is 9.68. The third-order valence-electron chi connectivity index (χ3n) is 3.49. The Balaban J connectivity index is 1.89. The van der Waals surface area contributed by atoms with Crippen molar-refractivity contribution in [2.24, 2.45) is 5.92 Å². The molecule has 0 bridgehead atoms. The standard InChI is InChI=1S/C20H22N2O4S/c1-13(2)12-26-17-10-6-14(7-11-17)18(23)22-20(27)21-16-8-4-15(5-9-16)19(24)25-3/h4-11,13H,12H2,1-3H3,(H2,21,22,23,27). The molecular weight excluding hydrogens is 364 g/mol. The van der Waals surface area contributed by atoms with Crippen LogP contribution < -0.4 is 15.4 Å². The summed E-state index contributed by atoms with van der Waals surface area (Å²) in [4.78, 5) is 23.7. The number of esters is 1. The predicted molar refractivity (Wildman–Crippen MR) is 108 cm³/mol. The topological polar surface area (TPSA) is 76.7 Å². The highest BCUT2D eigenvalue weighted by Gasteiger charge is 2.09. The van der Waals surface area contributed by atoms with E-state index in [1.807, 2.05) is 0 Å². The molecule has 0 aliphatic rings. The van der Waals surface area contributed by atoms with Crippen LogP contribution in [0.25, 0.3) is 0 Å². The number of thiocarbonyl (C=S) groups is 1. The van der Waals surface area contributed by atoms with Crippen molar-refractivity contribution in [3.63, 3.8) is 0 Å². The van der Waals surface area contributed by atoms with Crippen molar-refractivity contribution in [3.05, 3.63) is 59.7 Å². The normalized spacial score (nSPS) is 10.2. The van der Waals surface area contributed by atoms with E-state index in [1.54, 1.807) is 48.5 Å². The van der Waals surface area contributed by atoms with Crippen LogP contribution >= 0.6 is 12.2 Å². The number of methoxy groups -OCH3 is 1. The van der Waals surface area contributed by atoms with Crippen LogP contribution in [0.3, 0.4) is 0 Å². The Morgan fingerprint density at radius 1 is 1.00 bits per heavy atom. The number of nitrogens with one attached hydrogen (secondary N) is 2. The third-order valence-corrected chi connectivity index (χ3v) is 3.69. The van der Waals surface area contributed by atoms with Crippen molar-refractivity contribution in [2.45, 2.75) is 13.8 Å². The summed E-state index contributed by atoms with van der Waals surface area (Å²) in [7, 11) is 1.32. The van der Waals surface area contributed by atoms with Gasteiger partial charge in [0.05, 0.1) is 19.3 Å². The second-order valence-corrected chi connectivity index (χ2v) is 6.61. The summed E-state index contributed by atoms with van der Waals surface area (Å²) in [5.74, 6) is 0.400. The Morgan fingerprint density at radius 3 is 2.15 bits per heavy atom. The van der Waals surface area contributed by atoms with E-state index in [0.717, 1.165) is 0 Å². The lowest BCUT2D eigenvalue weighted by Gasteiger charge is -2.11. The summed E-state index contributed by atoms with van der Waals surface area (Å²) in [5, 5.41) is 5.66. The van der Waals surface area contributed by atoms with Crippen LogP contribution in [0.2, 0.25) is 0 Å². The van der Waals surface area contributed by atoms with E-state index in [2.05, 4.69) is 29.2 Å². The molecule has 0 aliphatic carbocycles. The van der Waals surface area contributed by atoms with Crippen molar-refractivity contribution in [3.8, 4) is 5.75 Å². The molecule has 2 aromatic carbocycles. The second-order valence-electron chi connectivity index (χ2n) is 6.21. The maximum Gasteiger partial charge on any atom is 0.337 e. The molecule has 1 amide bonds. The van der Waals surface area contributed by atoms with Crippen LogP contribution in [0.5, 0.6) is 5.75 Å². The summed E-state index contributed by atoms with van der Waals surface area (Å²) >= 11 is 5.16. The average Bonchev–Trinajstić information content (AvgIpc) is 2.66. The van der Waals surface area contributed by atoms with Crippen LogP contribution in [0.4, 0.5) is 5.69 Å². The summed E-state index contributed by atoms with van der Waals surface area (Å²) in [6.07, 6.45) is 0. The zero-order valence-electron chi connectivity index (χ0n) is 15.4. The minimum absolute atomic E-state index is 0.158. The maximum absolute atomic E-state index is 12.3. The molecule has 0 fully saturated rings. The molecule has 6 nitrogen and oxygen atoms in total. The van der Waals surface area contributed by atoms with Crippen molar-refractivity contribution in [1.29, 1.82) is 0 Å². The molecule has 7 heteroatoms. The molecule has 0 atom stereocenters. The van der Waals surface area contributed by atoms with Crippen LogP contribution in [-0.4, -0.2) is 30.7 Å². The number of hydrogen-bond donors (Lipinski definition) is 2. The molecule has 2 aromatic rings. The lowest BCUT2D eigenvalue weighted by molar-refractivity contribution is 0.0600. The molecule has 0 spiro atoms. The molecule has 0 radical (unpaired) electrons. The predicted octanol–water partition coefficient (Wildman–Crippen LogP) is 3.63. The van der Waals surface area contributed by atoms with Crippen LogP contribution in [-0.2, 0) is 4.74 Å². The van der Waals surface area contributed by atoms with Gasteiger partial charge in [0.15, 0.2) is 5.11 Å². The number of anilines is 1. The van der Waals surface area contributed by atoms with E-state index in [0.29, 0.717) is 35.1 Å². The monoisotopic (exact) mass is 386 g/mol. The van der Waals surface area contributed by atoms with Gasteiger partial charge in [-0.1, -0.05) is 13.8 Å². The molecule has 2 rings (SSSR count). The minimum atomic E-state index is -0.418. The molecule has 2 N–H and O–H groups in total. The van der Waals surface area contributed by atoms with Gasteiger partial charge in [-0.05, 0) is 66.7 Å². The van der Waals surface area contributed by atoms with Gasteiger partial charge < -0.3 is 14.8 Å². The number of amides is 1. The van der Waals surface area contributed by atoms with Gasteiger partial charge in [0, 0.05) is 11.3 Å². The Hall–Kier alpha value is -2.93. The van der Waals surface area contributed by atoms with Gasteiger partial charge in [-0.25, -0.2) is 4.79 Å². The van der Waals surface area contributed by atoms with Crippen molar-refractivity contribution in [2.75, 3.05) is 19.0 Å². The van der Waals surface area contributed by atoms with Gasteiger partial charge in [-0.3, -0.25) is 10.1 Å². The molecule has 142 valence electrons. The average molecular weight is 386 g/mol. The van der Waals surface area contributed by atoms with E-state index in [1.165, 1.54) is 7.11 Å². The highest BCUT2D eigenvalue weighted by atomic mass is 32.1. The number of ether oxygens (including phenoxy) is 2. The Labute approximate surface area is 163 Å². The van der Waals surface area contributed by atoms with Crippen LogP contribution in [0.1, 0.15) is 34.6 Å². The lowest BCUT2D eigenvalue weighted by Crippen LogP contribution is -2.34. The van der Waals surface area contributed by atoms with Crippen LogP contribution in [0, 0.1) is 5.92 Å². The lowest BCUT2D eigenvalue weighted by atomic mass is 10.2. The van der Waals surface area contributed by atoms with Gasteiger partial charge in [-0.2, -0.15) is 0 Å². The number of benzene rings is 2. The fourth-order valence-corrected chi connectivity index (χ4v) is 2.32. The molecular formula is C20H22N2O4S. The number of hydrogen-bond acceptors (Lipinski definition) is 5. The highest BCUT2D eigenvalue weighted by Crippen LogP contribution is 2.14. The molecule has 0 saturated carbocycles. The molecule has 27 heavy (non-hydrogen) atoms.